The van der Waals surface area contributed by atoms with E-state index >= 15 is 0 Å². The van der Waals surface area contributed by atoms with Gasteiger partial charge in [0, 0.05) is 35.8 Å². The van der Waals surface area contributed by atoms with E-state index < -0.39 is 20.2 Å². The molecule has 1 aliphatic carbocycles. The number of allylic oxidation sites excluding steroid dienone is 2. The Morgan fingerprint density at radius 1 is 1.38 bits per heavy atom. The Balaban J connectivity index is 2.16. The van der Waals surface area contributed by atoms with Gasteiger partial charge in [-0.05, 0) is 14.0 Å². The summed E-state index contributed by atoms with van der Waals surface area (Å²) in [5, 5.41) is 3.10. The summed E-state index contributed by atoms with van der Waals surface area (Å²) in [5.74, 6) is -0.850. The number of hydrogen-bond donors (Lipinski definition) is 4. The fraction of sp³-hybridized carbons (Fsp3) is 0.429. The Bertz CT molecular complexity index is 834. The molecule has 1 aromatic heterocycles. The van der Waals surface area contributed by atoms with Crippen LogP contribution in [0.25, 0.3) is 0 Å². The molecule has 5 N–H and O–H groups in total. The first-order valence-electron chi connectivity index (χ1n) is 7.33. The summed E-state index contributed by atoms with van der Waals surface area (Å²) >= 11 is 0. The molecule has 9 nitrogen and oxygen atoms in total. The third-order valence-corrected chi connectivity index (χ3v) is 5.01. The minimum absolute atomic E-state index is 0.0607. The smallest absolute Gasteiger partial charge is 0.395 e. The lowest BCUT2D eigenvalue weighted by Gasteiger charge is -2.17. The monoisotopic (exact) mass is 355 g/mol. The molecular formula is C14H18N3O6P. The van der Waals surface area contributed by atoms with Crippen LogP contribution in [0.2, 0.25) is 0 Å². The highest BCUT2D eigenvalue weighted by Crippen LogP contribution is 2.41. The van der Waals surface area contributed by atoms with E-state index in [2.05, 4.69) is 9.84 Å². The molecule has 0 aromatic carbocycles. The van der Waals surface area contributed by atoms with Gasteiger partial charge < -0.3 is 25.4 Å². The molecular weight excluding hydrogens is 337 g/mol. The molecule has 0 unspecified atom stereocenters. The van der Waals surface area contributed by atoms with Crippen molar-refractivity contribution >= 4 is 19.4 Å². The van der Waals surface area contributed by atoms with Gasteiger partial charge in [-0.3, -0.25) is 14.1 Å². The van der Waals surface area contributed by atoms with Crippen molar-refractivity contribution in [1.29, 1.82) is 0 Å². The number of nitrogens with one attached hydrogen (secondary N) is 1. The zero-order chi connectivity index (χ0) is 17.8. The number of hydrogen-bond acceptors (Lipinski definition) is 6. The number of phosphoric acid groups is 1. The van der Waals surface area contributed by atoms with Crippen LogP contribution < -0.4 is 11.1 Å². The van der Waals surface area contributed by atoms with E-state index in [4.69, 9.17) is 15.5 Å². The molecule has 130 valence electrons. The summed E-state index contributed by atoms with van der Waals surface area (Å²) in [7, 11) is -2.93. The fourth-order valence-electron chi connectivity index (χ4n) is 3.26. The average Bonchev–Trinajstić information content (AvgIpc) is 3.04. The molecule has 10 heteroatoms. The fourth-order valence-corrected chi connectivity index (χ4v) is 3.55. The molecule has 2 heterocycles. The molecule has 0 bridgehead atoms. The van der Waals surface area contributed by atoms with Gasteiger partial charge in [0.2, 0.25) is 11.6 Å². The predicted molar refractivity (Wildman–Crippen MR) is 83.4 cm³/mol. The Labute approximate surface area is 137 Å². The number of likely N-dealkylation sites (N-methyl/N-ethyl adjacent to an activating group) is 1. The summed E-state index contributed by atoms with van der Waals surface area (Å²) in [6.45, 7) is 1.52. The number of nitrogens with zero attached hydrogens (tertiary/aromatic N) is 1. The first-order valence-corrected chi connectivity index (χ1v) is 8.86. The van der Waals surface area contributed by atoms with Crippen molar-refractivity contribution in [2.45, 2.75) is 32.5 Å². The molecule has 0 spiro atoms. The third kappa shape index (κ3) is 2.54. The largest absolute Gasteiger partial charge is 0.469 e. The predicted octanol–water partition coefficient (Wildman–Crippen LogP) is -0.147. The van der Waals surface area contributed by atoms with Crippen molar-refractivity contribution in [3.05, 3.63) is 33.8 Å². The number of aromatic nitrogens is 1. The van der Waals surface area contributed by atoms with E-state index in [1.54, 1.807) is 11.6 Å². The van der Waals surface area contributed by atoms with Gasteiger partial charge in [0.15, 0.2) is 0 Å². The lowest BCUT2D eigenvalue weighted by atomic mass is 9.90. The van der Waals surface area contributed by atoms with Gasteiger partial charge in [-0.2, -0.15) is 0 Å². The lowest BCUT2D eigenvalue weighted by molar-refractivity contribution is 0.0966. The maximum Gasteiger partial charge on any atom is 0.469 e. The number of ketones is 2. The maximum absolute atomic E-state index is 12.6. The van der Waals surface area contributed by atoms with Gasteiger partial charge in [-0.25, -0.2) is 4.57 Å². The van der Waals surface area contributed by atoms with Crippen LogP contribution in [0.5, 0.6) is 0 Å². The maximum atomic E-state index is 12.6. The number of Topliss-reactive ketones (excluding diaryl/α,β-unsaturated/α-hetero) is 2. The molecule has 24 heavy (non-hydrogen) atoms. The average molecular weight is 355 g/mol. The second-order valence-corrected chi connectivity index (χ2v) is 7.15. The van der Waals surface area contributed by atoms with E-state index in [1.807, 2.05) is 0 Å². The number of rotatable bonds is 4. The van der Waals surface area contributed by atoms with Crippen LogP contribution in [0, 0.1) is 0 Å². The highest BCUT2D eigenvalue weighted by Gasteiger charge is 2.40. The Kier molecular flexibility index (Phi) is 4.01. The zero-order valence-corrected chi connectivity index (χ0v) is 14.1. The molecule has 1 aromatic rings. The molecule has 0 saturated heterocycles. The summed E-state index contributed by atoms with van der Waals surface area (Å²) in [6.07, 6.45) is 0.517. The summed E-state index contributed by atoms with van der Waals surface area (Å²) < 4.78 is 17.4. The van der Waals surface area contributed by atoms with Crippen molar-refractivity contribution in [1.82, 2.24) is 9.88 Å². The molecule has 0 fully saturated rings. The van der Waals surface area contributed by atoms with Crippen LogP contribution in [-0.4, -0.2) is 39.0 Å². The second kappa shape index (κ2) is 5.65. The number of carbonyl (C=O) groups is 2. The van der Waals surface area contributed by atoms with Crippen molar-refractivity contribution in [3.8, 4) is 0 Å². The van der Waals surface area contributed by atoms with Crippen molar-refractivity contribution in [2.24, 2.45) is 5.73 Å². The Morgan fingerprint density at radius 2 is 2.04 bits per heavy atom. The van der Waals surface area contributed by atoms with Crippen LogP contribution >= 0.6 is 7.82 Å². The van der Waals surface area contributed by atoms with Gasteiger partial charge >= 0.3 is 7.82 Å². The van der Waals surface area contributed by atoms with Crippen LogP contribution in [0.1, 0.15) is 39.0 Å². The standard InChI is InChI=1S/C14H18N3O6P/c1-6-11(15)14(19)10-8(5-23-24(20,21)22)9-3-7(16-2)4-17(9)12(10)13(6)18/h7,16H,3-5,15H2,1-2H3,(H2,20,21,22)/t7-/m1/s1. The van der Waals surface area contributed by atoms with Crippen molar-refractivity contribution in [3.63, 3.8) is 0 Å². The molecule has 2 aliphatic rings. The van der Waals surface area contributed by atoms with Gasteiger partial charge in [0.05, 0.1) is 17.9 Å². The Morgan fingerprint density at radius 3 is 2.62 bits per heavy atom. The molecule has 0 radical (unpaired) electrons. The number of nitrogens with two attached hydrogens (primary N) is 1. The minimum Gasteiger partial charge on any atom is -0.395 e. The van der Waals surface area contributed by atoms with E-state index in [0.29, 0.717) is 24.2 Å². The summed E-state index contributed by atoms with van der Waals surface area (Å²) in [6, 6.07) is 0.0607. The number of carbonyl (C=O) groups excluding carboxylic acids is 2. The molecule has 0 amide bonds. The highest BCUT2D eigenvalue weighted by atomic mass is 31.2. The quantitative estimate of drug-likeness (QED) is 0.546. The molecule has 1 aliphatic heterocycles. The van der Waals surface area contributed by atoms with Gasteiger partial charge in [-0.15, -0.1) is 0 Å². The van der Waals surface area contributed by atoms with E-state index in [1.165, 1.54) is 6.92 Å². The van der Waals surface area contributed by atoms with E-state index in [-0.39, 0.29) is 34.4 Å². The normalized spacial score (nSPS) is 20.6. The molecule has 0 saturated carbocycles. The van der Waals surface area contributed by atoms with Crippen molar-refractivity contribution < 1.29 is 28.5 Å². The van der Waals surface area contributed by atoms with Gasteiger partial charge in [0.25, 0.3) is 0 Å². The second-order valence-electron chi connectivity index (χ2n) is 5.91. The minimum atomic E-state index is -4.72. The highest BCUT2D eigenvalue weighted by molar-refractivity contribution is 7.46. The summed E-state index contributed by atoms with van der Waals surface area (Å²) in [4.78, 5) is 43.1. The molecule has 1 atom stereocenters. The van der Waals surface area contributed by atoms with E-state index in [0.717, 1.165) is 0 Å². The van der Waals surface area contributed by atoms with Gasteiger partial charge in [-0.1, -0.05) is 0 Å². The number of phosphoric ester groups is 1. The van der Waals surface area contributed by atoms with Crippen LogP contribution in [0.3, 0.4) is 0 Å². The van der Waals surface area contributed by atoms with Crippen LogP contribution in [0.4, 0.5) is 0 Å². The van der Waals surface area contributed by atoms with Crippen molar-refractivity contribution in [2.75, 3.05) is 7.05 Å². The number of fused-ring (bicyclic) bond motifs is 3. The zero-order valence-electron chi connectivity index (χ0n) is 13.2. The molecule has 3 rings (SSSR count). The SMILES string of the molecule is CN[C@@H]1Cc2c(COP(=O)(O)O)c3c(n2C1)C(=O)C(C)=C(N)C3=O. The lowest BCUT2D eigenvalue weighted by Crippen LogP contribution is -2.30. The Hall–Kier alpha value is -1.77. The van der Waals surface area contributed by atoms with Crippen LogP contribution in [0.15, 0.2) is 11.3 Å². The first kappa shape index (κ1) is 17.1. The third-order valence-electron chi connectivity index (χ3n) is 4.54. The summed E-state index contributed by atoms with van der Waals surface area (Å²) in [5.41, 5.74) is 7.09. The van der Waals surface area contributed by atoms with Crippen LogP contribution in [-0.2, 0) is 28.7 Å². The van der Waals surface area contributed by atoms with Gasteiger partial charge in [0.1, 0.15) is 5.69 Å². The first-order chi connectivity index (χ1) is 11.2. The van der Waals surface area contributed by atoms with E-state index in [9.17, 15) is 14.2 Å². The topological polar surface area (TPSA) is 144 Å².